The van der Waals surface area contributed by atoms with Crippen LogP contribution in [0.4, 0.5) is 0 Å². The molecule has 0 aromatic heterocycles. The van der Waals surface area contributed by atoms with Crippen LogP contribution in [-0.4, -0.2) is 25.3 Å². The zero-order valence-electron chi connectivity index (χ0n) is 8.36. The molecule has 1 rings (SSSR count). The zero-order valence-corrected chi connectivity index (χ0v) is 8.36. The second-order valence-electron chi connectivity index (χ2n) is 2.68. The normalized spacial score (nSPS) is 11.1. The summed E-state index contributed by atoms with van der Waals surface area (Å²) in [6, 6.07) is 9.30. The van der Waals surface area contributed by atoms with Crippen LogP contribution in [0.5, 0.6) is 0 Å². The molecule has 0 unspecified atom stereocenters. The standard InChI is InChI=1S/C11H13NO2/c1-3-12-10(11(13)14-2)9-7-5-4-6-8-9/h4-8H,3H2,1-2H3. The van der Waals surface area contributed by atoms with Gasteiger partial charge in [-0.1, -0.05) is 30.3 Å². The molecule has 0 aliphatic heterocycles. The summed E-state index contributed by atoms with van der Waals surface area (Å²) in [6.45, 7) is 2.45. The largest absolute Gasteiger partial charge is 0.464 e. The van der Waals surface area contributed by atoms with E-state index < -0.39 is 5.97 Å². The minimum absolute atomic E-state index is 0.385. The quantitative estimate of drug-likeness (QED) is 0.538. The number of benzene rings is 1. The molecule has 0 bridgehead atoms. The third-order valence-corrected chi connectivity index (χ3v) is 1.74. The third-order valence-electron chi connectivity index (χ3n) is 1.74. The molecular formula is C11H13NO2. The first-order valence-corrected chi connectivity index (χ1v) is 4.47. The van der Waals surface area contributed by atoms with E-state index in [0.29, 0.717) is 12.3 Å². The van der Waals surface area contributed by atoms with Gasteiger partial charge in [0.1, 0.15) is 5.71 Å². The molecule has 1 aromatic carbocycles. The number of carbonyl (C=O) groups is 1. The fourth-order valence-electron chi connectivity index (χ4n) is 1.12. The Morgan fingerprint density at radius 2 is 2.00 bits per heavy atom. The van der Waals surface area contributed by atoms with E-state index in [0.717, 1.165) is 5.56 Å². The lowest BCUT2D eigenvalue weighted by atomic mass is 10.1. The van der Waals surface area contributed by atoms with Crippen LogP contribution in [0.2, 0.25) is 0 Å². The lowest BCUT2D eigenvalue weighted by molar-refractivity contribution is -0.132. The highest BCUT2D eigenvalue weighted by Crippen LogP contribution is 2.02. The molecule has 0 heterocycles. The van der Waals surface area contributed by atoms with Crippen molar-refractivity contribution < 1.29 is 9.53 Å². The number of hydrogen-bond donors (Lipinski definition) is 0. The molecule has 0 aliphatic carbocycles. The van der Waals surface area contributed by atoms with Gasteiger partial charge in [0.2, 0.25) is 0 Å². The summed E-state index contributed by atoms with van der Waals surface area (Å²) in [5.74, 6) is -0.391. The van der Waals surface area contributed by atoms with Gasteiger partial charge >= 0.3 is 5.97 Å². The lowest BCUT2D eigenvalue weighted by Crippen LogP contribution is -2.17. The van der Waals surface area contributed by atoms with Crippen LogP contribution in [0.25, 0.3) is 0 Å². The van der Waals surface area contributed by atoms with Gasteiger partial charge in [-0.25, -0.2) is 4.79 Å². The number of aliphatic imine (C=N–C) groups is 1. The second-order valence-corrected chi connectivity index (χ2v) is 2.68. The maximum Gasteiger partial charge on any atom is 0.356 e. The zero-order chi connectivity index (χ0) is 10.4. The summed E-state index contributed by atoms with van der Waals surface area (Å²) >= 11 is 0. The molecule has 0 N–H and O–H groups in total. The van der Waals surface area contributed by atoms with Crippen LogP contribution >= 0.6 is 0 Å². The number of ether oxygens (including phenoxy) is 1. The minimum atomic E-state index is -0.391. The molecule has 3 nitrogen and oxygen atoms in total. The van der Waals surface area contributed by atoms with Gasteiger partial charge in [-0.05, 0) is 6.92 Å². The van der Waals surface area contributed by atoms with Gasteiger partial charge in [0.05, 0.1) is 7.11 Å². The maximum absolute atomic E-state index is 11.3. The van der Waals surface area contributed by atoms with Gasteiger partial charge in [0.25, 0.3) is 0 Å². The van der Waals surface area contributed by atoms with Crippen LogP contribution in [0.3, 0.4) is 0 Å². The van der Waals surface area contributed by atoms with Crippen molar-refractivity contribution in [3.05, 3.63) is 35.9 Å². The van der Waals surface area contributed by atoms with E-state index in [1.54, 1.807) is 0 Å². The van der Waals surface area contributed by atoms with E-state index in [1.807, 2.05) is 37.3 Å². The van der Waals surface area contributed by atoms with Gasteiger partial charge in [-0.15, -0.1) is 0 Å². The summed E-state index contributed by atoms with van der Waals surface area (Å²) in [5, 5.41) is 0. The van der Waals surface area contributed by atoms with Gasteiger partial charge < -0.3 is 4.74 Å². The molecule has 0 amide bonds. The van der Waals surface area contributed by atoms with Crippen LogP contribution < -0.4 is 0 Å². The van der Waals surface area contributed by atoms with Crippen molar-refractivity contribution in [1.29, 1.82) is 0 Å². The fourth-order valence-corrected chi connectivity index (χ4v) is 1.12. The van der Waals surface area contributed by atoms with Crippen molar-refractivity contribution in [2.24, 2.45) is 4.99 Å². The summed E-state index contributed by atoms with van der Waals surface area (Å²) < 4.78 is 4.65. The van der Waals surface area contributed by atoms with Crippen molar-refractivity contribution in [3.8, 4) is 0 Å². The van der Waals surface area contributed by atoms with Gasteiger partial charge in [0.15, 0.2) is 0 Å². The number of methoxy groups -OCH3 is 1. The van der Waals surface area contributed by atoms with Crippen LogP contribution in [0.1, 0.15) is 12.5 Å². The monoisotopic (exact) mass is 191 g/mol. The molecule has 74 valence electrons. The number of rotatable bonds is 3. The van der Waals surface area contributed by atoms with Crippen LogP contribution in [0.15, 0.2) is 35.3 Å². The maximum atomic E-state index is 11.3. The molecule has 3 heteroatoms. The molecule has 0 aliphatic rings. The van der Waals surface area contributed by atoms with E-state index in [4.69, 9.17) is 0 Å². The smallest absolute Gasteiger partial charge is 0.356 e. The Kier molecular flexibility index (Phi) is 3.85. The highest BCUT2D eigenvalue weighted by molar-refractivity contribution is 6.43. The highest BCUT2D eigenvalue weighted by atomic mass is 16.5. The predicted molar refractivity (Wildman–Crippen MR) is 55.5 cm³/mol. The van der Waals surface area contributed by atoms with Gasteiger partial charge in [-0.3, -0.25) is 4.99 Å². The molecule has 14 heavy (non-hydrogen) atoms. The summed E-state index contributed by atoms with van der Waals surface area (Å²) in [7, 11) is 1.36. The Hall–Kier alpha value is -1.64. The Balaban J connectivity index is 3.02. The number of esters is 1. The first kappa shape index (κ1) is 10.4. The highest BCUT2D eigenvalue weighted by Gasteiger charge is 2.12. The SMILES string of the molecule is CCN=C(C(=O)OC)c1ccccc1. The minimum Gasteiger partial charge on any atom is -0.464 e. The van der Waals surface area contributed by atoms with Gasteiger partial charge in [0, 0.05) is 12.1 Å². The fraction of sp³-hybridized carbons (Fsp3) is 0.273. The molecule has 0 fully saturated rings. The van der Waals surface area contributed by atoms with Crippen LogP contribution in [0, 0.1) is 0 Å². The number of hydrogen-bond acceptors (Lipinski definition) is 3. The molecule has 0 spiro atoms. The molecule has 0 saturated heterocycles. The molecular weight excluding hydrogens is 178 g/mol. The predicted octanol–water partition coefficient (Wildman–Crippen LogP) is 1.67. The summed E-state index contributed by atoms with van der Waals surface area (Å²) in [4.78, 5) is 15.5. The van der Waals surface area contributed by atoms with Crippen molar-refractivity contribution in [2.75, 3.05) is 13.7 Å². The van der Waals surface area contributed by atoms with E-state index in [1.165, 1.54) is 7.11 Å². The second kappa shape index (κ2) is 5.17. The average Bonchev–Trinajstić information content (AvgIpc) is 2.26. The summed E-state index contributed by atoms with van der Waals surface area (Å²) in [6.07, 6.45) is 0. The Morgan fingerprint density at radius 1 is 1.36 bits per heavy atom. The van der Waals surface area contributed by atoms with E-state index >= 15 is 0 Å². The average molecular weight is 191 g/mol. The Bertz CT molecular complexity index is 330. The Labute approximate surface area is 83.4 Å². The molecule has 0 saturated carbocycles. The van der Waals surface area contributed by atoms with Crippen LogP contribution in [-0.2, 0) is 9.53 Å². The van der Waals surface area contributed by atoms with Crippen molar-refractivity contribution >= 4 is 11.7 Å². The van der Waals surface area contributed by atoms with Crippen molar-refractivity contribution in [3.63, 3.8) is 0 Å². The number of carbonyl (C=O) groups excluding carboxylic acids is 1. The first-order chi connectivity index (χ1) is 6.79. The lowest BCUT2D eigenvalue weighted by Gasteiger charge is -2.03. The summed E-state index contributed by atoms with van der Waals surface area (Å²) in [5.41, 5.74) is 1.18. The molecule has 0 atom stereocenters. The topological polar surface area (TPSA) is 38.7 Å². The molecule has 0 radical (unpaired) electrons. The van der Waals surface area contributed by atoms with Gasteiger partial charge in [-0.2, -0.15) is 0 Å². The molecule has 1 aromatic rings. The first-order valence-electron chi connectivity index (χ1n) is 4.47. The van der Waals surface area contributed by atoms with E-state index in [-0.39, 0.29) is 0 Å². The number of nitrogens with zero attached hydrogens (tertiary/aromatic N) is 1. The van der Waals surface area contributed by atoms with E-state index in [2.05, 4.69) is 9.73 Å². The third kappa shape index (κ3) is 2.42. The Morgan fingerprint density at radius 3 is 2.50 bits per heavy atom. The van der Waals surface area contributed by atoms with Crippen molar-refractivity contribution in [2.45, 2.75) is 6.92 Å². The van der Waals surface area contributed by atoms with Crippen molar-refractivity contribution in [1.82, 2.24) is 0 Å². The van der Waals surface area contributed by atoms with E-state index in [9.17, 15) is 4.79 Å².